The molecule has 0 saturated heterocycles. The largest absolute Gasteiger partial charge is 0.455 e. The minimum Gasteiger partial charge on any atom is -0.455 e. The van der Waals surface area contributed by atoms with Crippen molar-refractivity contribution in [3.63, 3.8) is 0 Å². The molecule has 0 radical (unpaired) electrons. The van der Waals surface area contributed by atoms with Crippen LogP contribution in [0.4, 0.5) is 0 Å². The number of rotatable bonds is 6. The van der Waals surface area contributed by atoms with Gasteiger partial charge in [0, 0.05) is 9.35 Å². The van der Waals surface area contributed by atoms with E-state index in [1.165, 1.54) is 0 Å². The number of esters is 1. The first-order chi connectivity index (χ1) is 11.6. The first-order valence-electron chi connectivity index (χ1n) is 7.08. The van der Waals surface area contributed by atoms with Gasteiger partial charge in [0.1, 0.15) is 0 Å². The van der Waals surface area contributed by atoms with E-state index in [0.29, 0.717) is 16.5 Å². The van der Waals surface area contributed by atoms with E-state index in [2.05, 4.69) is 26.8 Å². The van der Waals surface area contributed by atoms with Crippen LogP contribution in [0, 0.1) is 0 Å². The van der Waals surface area contributed by atoms with Gasteiger partial charge >= 0.3 is 5.97 Å². The summed E-state index contributed by atoms with van der Waals surface area (Å²) in [5, 5.41) is 1.93. The van der Waals surface area contributed by atoms with Gasteiger partial charge in [-0.3, -0.25) is 25.2 Å². The van der Waals surface area contributed by atoms with Gasteiger partial charge < -0.3 is 4.74 Å². The number of amides is 2. The lowest BCUT2D eigenvalue weighted by atomic mass is 10.2. The molecular formula is C16H15BrN2O4S. The summed E-state index contributed by atoms with van der Waals surface area (Å²) >= 11 is 4.81. The molecule has 2 rings (SSSR count). The fraction of sp³-hybridized carbons (Fsp3) is 0.188. The van der Waals surface area contributed by atoms with Crippen molar-refractivity contribution < 1.29 is 19.1 Å². The van der Waals surface area contributed by atoms with Gasteiger partial charge in [0.05, 0.1) is 12.0 Å². The molecule has 0 aliphatic rings. The molecule has 2 aromatic rings. The van der Waals surface area contributed by atoms with E-state index in [0.717, 1.165) is 4.88 Å². The summed E-state index contributed by atoms with van der Waals surface area (Å²) in [6.45, 7) is -0.445. The van der Waals surface area contributed by atoms with Gasteiger partial charge in [0.25, 0.3) is 11.8 Å². The Kier molecular flexibility index (Phi) is 6.95. The molecule has 2 N–H and O–H groups in total. The average molecular weight is 411 g/mol. The van der Waals surface area contributed by atoms with Crippen LogP contribution in [0.3, 0.4) is 0 Å². The van der Waals surface area contributed by atoms with Crippen LogP contribution in [0.2, 0.25) is 0 Å². The van der Waals surface area contributed by atoms with Gasteiger partial charge in [0.2, 0.25) is 0 Å². The highest BCUT2D eigenvalue weighted by atomic mass is 79.9. The standard InChI is InChI=1S/C16H15BrN2O4S/c17-13-6-2-1-5-12(13)16(22)19-18-14(20)10-23-15(21)8-7-11-4-3-9-24-11/h1-6,9H,7-8,10H2,(H,18,20)(H,19,22). The smallest absolute Gasteiger partial charge is 0.306 e. The van der Waals surface area contributed by atoms with Crippen molar-refractivity contribution in [1.82, 2.24) is 10.9 Å². The van der Waals surface area contributed by atoms with Gasteiger partial charge in [0.15, 0.2) is 6.61 Å². The molecule has 0 spiro atoms. The van der Waals surface area contributed by atoms with Gasteiger partial charge in [-0.1, -0.05) is 18.2 Å². The van der Waals surface area contributed by atoms with Crippen LogP contribution < -0.4 is 10.9 Å². The molecule has 1 aromatic carbocycles. The van der Waals surface area contributed by atoms with E-state index >= 15 is 0 Å². The molecule has 0 saturated carbocycles. The van der Waals surface area contributed by atoms with Crippen LogP contribution in [0.1, 0.15) is 21.7 Å². The molecule has 1 heterocycles. The molecule has 0 atom stereocenters. The van der Waals surface area contributed by atoms with Gasteiger partial charge in [-0.15, -0.1) is 11.3 Å². The number of hydrogen-bond donors (Lipinski definition) is 2. The predicted octanol–water partition coefficient (Wildman–Crippen LogP) is 2.45. The minimum absolute atomic E-state index is 0.205. The summed E-state index contributed by atoms with van der Waals surface area (Å²) in [5.74, 6) is -1.55. The number of benzene rings is 1. The average Bonchev–Trinajstić information content (AvgIpc) is 3.10. The van der Waals surface area contributed by atoms with Crippen LogP contribution >= 0.6 is 27.3 Å². The number of hydrazine groups is 1. The molecule has 0 unspecified atom stereocenters. The fourth-order valence-corrected chi connectivity index (χ4v) is 2.95. The zero-order chi connectivity index (χ0) is 17.4. The molecule has 0 aliphatic carbocycles. The Morgan fingerprint density at radius 1 is 1.08 bits per heavy atom. The SMILES string of the molecule is O=C(COC(=O)CCc1cccs1)NNC(=O)c1ccccc1Br. The van der Waals surface area contributed by atoms with Crippen LogP contribution in [0.15, 0.2) is 46.3 Å². The second-order valence-corrected chi connectivity index (χ2v) is 6.61. The molecule has 0 bridgehead atoms. The molecule has 1 aromatic heterocycles. The number of carbonyl (C=O) groups excluding carboxylic acids is 3. The second-order valence-electron chi connectivity index (χ2n) is 4.72. The maximum Gasteiger partial charge on any atom is 0.306 e. The Balaban J connectivity index is 1.67. The first kappa shape index (κ1) is 18.2. The Morgan fingerprint density at radius 2 is 1.88 bits per heavy atom. The van der Waals surface area contributed by atoms with E-state index in [9.17, 15) is 14.4 Å². The Labute approximate surface area is 151 Å². The molecule has 2 amide bonds. The lowest BCUT2D eigenvalue weighted by Crippen LogP contribution is -2.43. The predicted molar refractivity (Wildman–Crippen MR) is 93.3 cm³/mol. The summed E-state index contributed by atoms with van der Waals surface area (Å²) in [7, 11) is 0. The molecule has 6 nitrogen and oxygen atoms in total. The van der Waals surface area contributed by atoms with Crippen molar-refractivity contribution in [2.75, 3.05) is 6.61 Å². The van der Waals surface area contributed by atoms with E-state index in [1.807, 2.05) is 17.5 Å². The maximum atomic E-state index is 11.9. The number of halogens is 1. The third-order valence-corrected chi connectivity index (χ3v) is 4.58. The van der Waals surface area contributed by atoms with Crippen LogP contribution in [0.5, 0.6) is 0 Å². The van der Waals surface area contributed by atoms with Crippen molar-refractivity contribution >= 4 is 45.1 Å². The van der Waals surface area contributed by atoms with Crippen LogP contribution in [-0.4, -0.2) is 24.4 Å². The van der Waals surface area contributed by atoms with Crippen LogP contribution in [0.25, 0.3) is 0 Å². The second kappa shape index (κ2) is 9.19. The monoisotopic (exact) mass is 410 g/mol. The topological polar surface area (TPSA) is 84.5 Å². The van der Waals surface area contributed by atoms with Gasteiger partial charge in [-0.05, 0) is 45.9 Å². The molecule has 0 aliphatic heterocycles. The highest BCUT2D eigenvalue weighted by molar-refractivity contribution is 9.10. The van der Waals surface area contributed by atoms with Crippen molar-refractivity contribution in [3.8, 4) is 0 Å². The molecular weight excluding hydrogens is 396 g/mol. The Hall–Kier alpha value is -2.19. The zero-order valence-electron chi connectivity index (χ0n) is 12.6. The maximum absolute atomic E-state index is 11.9. The summed E-state index contributed by atoms with van der Waals surface area (Å²) in [5.41, 5.74) is 4.84. The van der Waals surface area contributed by atoms with Crippen LogP contribution in [-0.2, 0) is 20.7 Å². The number of aryl methyl sites for hydroxylation is 1. The van der Waals surface area contributed by atoms with E-state index in [-0.39, 0.29) is 6.42 Å². The van der Waals surface area contributed by atoms with Crippen molar-refractivity contribution in [3.05, 3.63) is 56.7 Å². The number of hydrogen-bond acceptors (Lipinski definition) is 5. The number of ether oxygens (including phenoxy) is 1. The highest BCUT2D eigenvalue weighted by Gasteiger charge is 2.12. The molecule has 8 heteroatoms. The summed E-state index contributed by atoms with van der Waals surface area (Å²) in [6, 6.07) is 10.6. The third-order valence-electron chi connectivity index (χ3n) is 2.95. The first-order valence-corrected chi connectivity index (χ1v) is 8.75. The lowest BCUT2D eigenvalue weighted by molar-refractivity contribution is -0.148. The Morgan fingerprint density at radius 3 is 2.58 bits per heavy atom. The zero-order valence-corrected chi connectivity index (χ0v) is 15.0. The van der Waals surface area contributed by atoms with Gasteiger partial charge in [-0.25, -0.2) is 0 Å². The summed E-state index contributed by atoms with van der Waals surface area (Å²) in [4.78, 5) is 36.1. The minimum atomic E-state index is -0.611. The van der Waals surface area contributed by atoms with Gasteiger partial charge in [-0.2, -0.15) is 0 Å². The van der Waals surface area contributed by atoms with Crippen molar-refractivity contribution in [1.29, 1.82) is 0 Å². The summed E-state index contributed by atoms with van der Waals surface area (Å²) in [6.07, 6.45) is 0.786. The van der Waals surface area contributed by atoms with E-state index in [1.54, 1.807) is 35.6 Å². The van der Waals surface area contributed by atoms with E-state index < -0.39 is 24.4 Å². The molecule has 0 fully saturated rings. The highest BCUT2D eigenvalue weighted by Crippen LogP contribution is 2.15. The normalized spacial score (nSPS) is 10.0. The Bertz CT molecular complexity index is 719. The molecule has 24 heavy (non-hydrogen) atoms. The lowest BCUT2D eigenvalue weighted by Gasteiger charge is -2.09. The van der Waals surface area contributed by atoms with Crippen molar-refractivity contribution in [2.24, 2.45) is 0 Å². The number of thiophene rings is 1. The third kappa shape index (κ3) is 5.78. The summed E-state index contributed by atoms with van der Waals surface area (Å²) < 4.78 is 5.47. The van der Waals surface area contributed by atoms with E-state index in [4.69, 9.17) is 4.74 Å². The van der Waals surface area contributed by atoms with Crippen molar-refractivity contribution in [2.45, 2.75) is 12.8 Å². The number of carbonyl (C=O) groups is 3. The molecule has 126 valence electrons. The number of nitrogens with one attached hydrogen (secondary N) is 2. The fourth-order valence-electron chi connectivity index (χ4n) is 1.77. The quantitative estimate of drug-likeness (QED) is 0.565.